The molecule has 1 aliphatic rings. The van der Waals surface area contributed by atoms with Crippen molar-refractivity contribution in [1.29, 1.82) is 0 Å². The summed E-state index contributed by atoms with van der Waals surface area (Å²) in [6.07, 6.45) is 0. The van der Waals surface area contributed by atoms with Crippen molar-refractivity contribution in [3.63, 3.8) is 0 Å². The third kappa shape index (κ3) is 1.81. The van der Waals surface area contributed by atoms with Crippen LogP contribution in [0.3, 0.4) is 0 Å². The van der Waals surface area contributed by atoms with Gasteiger partial charge in [0.15, 0.2) is 0 Å². The maximum atomic E-state index is 11.3. The maximum absolute atomic E-state index is 11.3. The summed E-state index contributed by atoms with van der Waals surface area (Å²) in [6, 6.07) is 5.76. The van der Waals surface area contributed by atoms with Gasteiger partial charge in [-0.15, -0.1) is 0 Å². The van der Waals surface area contributed by atoms with Crippen LogP contribution in [0.15, 0.2) is 18.2 Å². The first-order valence-electron chi connectivity index (χ1n) is 4.84. The molecule has 2 rings (SSSR count). The first-order valence-corrected chi connectivity index (χ1v) is 4.84. The molecule has 0 N–H and O–H groups in total. The highest BCUT2D eigenvalue weighted by molar-refractivity contribution is 6.19. The van der Waals surface area contributed by atoms with E-state index in [1.165, 1.54) is 4.81 Å². The van der Waals surface area contributed by atoms with Crippen LogP contribution in [0.2, 0.25) is 0 Å². The molecule has 0 bridgehead atoms. The van der Waals surface area contributed by atoms with Crippen LogP contribution >= 0.6 is 0 Å². The number of amides is 1. The number of hydrogen-bond acceptors (Lipinski definition) is 1. The molecule has 1 aliphatic heterocycles. The van der Waals surface area contributed by atoms with Crippen molar-refractivity contribution in [3.8, 4) is 0 Å². The Hall–Kier alpha value is -1.25. The molecule has 1 heterocycles. The van der Waals surface area contributed by atoms with Crippen LogP contribution in [0.25, 0.3) is 0 Å². The fraction of sp³-hybridized carbons (Fsp3) is 0.364. The van der Waals surface area contributed by atoms with Crippen LogP contribution in [0.4, 0.5) is 0 Å². The molecule has 0 atom stereocenters. The van der Waals surface area contributed by atoms with Gasteiger partial charge in [-0.1, -0.05) is 31.5 Å². The fourth-order valence-electron chi connectivity index (χ4n) is 1.47. The molecule has 14 heavy (non-hydrogen) atoms. The molecule has 3 heteroatoms. The van der Waals surface area contributed by atoms with E-state index >= 15 is 0 Å². The van der Waals surface area contributed by atoms with E-state index in [9.17, 15) is 4.79 Å². The van der Waals surface area contributed by atoms with Crippen molar-refractivity contribution in [2.45, 2.75) is 27.3 Å². The highest BCUT2D eigenvalue weighted by atomic mass is 16.2. The van der Waals surface area contributed by atoms with Crippen LogP contribution in [0.1, 0.15) is 35.3 Å². The predicted octanol–water partition coefficient (Wildman–Crippen LogP) is 2.06. The SMILES string of the molecule is CC.[B]N1Cc2cc(C)ccc2C1=O. The highest BCUT2D eigenvalue weighted by Gasteiger charge is 2.22. The molecule has 2 nitrogen and oxygen atoms in total. The van der Waals surface area contributed by atoms with E-state index in [2.05, 4.69) is 0 Å². The van der Waals surface area contributed by atoms with Crippen molar-refractivity contribution >= 4 is 13.9 Å². The zero-order chi connectivity index (χ0) is 10.7. The fourth-order valence-corrected chi connectivity index (χ4v) is 1.47. The Morgan fingerprint density at radius 1 is 1.36 bits per heavy atom. The second kappa shape index (κ2) is 4.31. The molecule has 2 radical (unpaired) electrons. The minimum atomic E-state index is -0.0787. The van der Waals surface area contributed by atoms with E-state index in [1.54, 1.807) is 0 Å². The van der Waals surface area contributed by atoms with Crippen LogP contribution in [-0.4, -0.2) is 18.7 Å². The zero-order valence-corrected chi connectivity index (χ0v) is 8.87. The van der Waals surface area contributed by atoms with E-state index in [0.717, 1.165) is 16.7 Å². The van der Waals surface area contributed by atoms with Gasteiger partial charge in [0.05, 0.1) is 0 Å². The van der Waals surface area contributed by atoms with Gasteiger partial charge in [0.2, 0.25) is 13.9 Å². The van der Waals surface area contributed by atoms with Gasteiger partial charge in [0.1, 0.15) is 0 Å². The average Bonchev–Trinajstić information content (AvgIpc) is 2.45. The number of carbonyl (C=O) groups excluding carboxylic acids is 1. The average molecular weight is 187 g/mol. The molecule has 0 aliphatic carbocycles. The molecular weight excluding hydrogens is 173 g/mol. The van der Waals surface area contributed by atoms with Gasteiger partial charge >= 0.3 is 0 Å². The van der Waals surface area contributed by atoms with Gasteiger partial charge in [0, 0.05) is 12.1 Å². The Bertz CT molecular complexity index is 349. The molecule has 0 saturated carbocycles. The first-order chi connectivity index (χ1) is 6.68. The zero-order valence-electron chi connectivity index (χ0n) is 8.87. The Labute approximate surface area is 86.4 Å². The molecule has 1 amide bonds. The van der Waals surface area contributed by atoms with E-state index in [4.69, 9.17) is 7.98 Å². The summed E-state index contributed by atoms with van der Waals surface area (Å²) in [7, 11) is 5.46. The molecule has 0 fully saturated rings. The molecule has 0 aromatic heterocycles. The number of fused-ring (bicyclic) bond motifs is 1. The normalized spacial score (nSPS) is 13.4. The van der Waals surface area contributed by atoms with Gasteiger partial charge < -0.3 is 4.81 Å². The van der Waals surface area contributed by atoms with Crippen molar-refractivity contribution in [3.05, 3.63) is 34.9 Å². The third-order valence-corrected chi connectivity index (χ3v) is 2.09. The Balaban J connectivity index is 0.000000461. The van der Waals surface area contributed by atoms with Crippen LogP contribution in [0.5, 0.6) is 0 Å². The number of nitrogens with zero attached hydrogens (tertiary/aromatic N) is 1. The van der Waals surface area contributed by atoms with E-state index in [0.29, 0.717) is 6.54 Å². The molecule has 1 aromatic carbocycles. The lowest BCUT2D eigenvalue weighted by molar-refractivity contribution is 0.0880. The third-order valence-electron chi connectivity index (χ3n) is 2.09. The highest BCUT2D eigenvalue weighted by Crippen LogP contribution is 2.21. The molecule has 1 aromatic rings. The number of hydrogen-bond donors (Lipinski definition) is 0. The summed E-state index contributed by atoms with van der Waals surface area (Å²) in [5, 5.41) is 0. The van der Waals surface area contributed by atoms with E-state index in [1.807, 2.05) is 39.0 Å². The van der Waals surface area contributed by atoms with Crippen LogP contribution in [-0.2, 0) is 6.54 Å². The first kappa shape index (κ1) is 10.8. The minimum absolute atomic E-state index is 0.0787. The maximum Gasteiger partial charge on any atom is 0.241 e. The standard InChI is InChI=1S/C9H8BNO.C2H6/c1-6-2-3-8-7(4-6)5-11(10)9(8)12;1-2/h2-4H,5H2,1H3;1-2H3. The number of carbonyl (C=O) groups is 1. The van der Waals surface area contributed by atoms with Gasteiger partial charge in [-0.25, -0.2) is 0 Å². The lowest BCUT2D eigenvalue weighted by Gasteiger charge is -2.05. The summed E-state index contributed by atoms with van der Waals surface area (Å²) >= 11 is 0. The van der Waals surface area contributed by atoms with Crippen LogP contribution < -0.4 is 0 Å². The van der Waals surface area contributed by atoms with Crippen molar-refractivity contribution in [2.24, 2.45) is 0 Å². The minimum Gasteiger partial charge on any atom is -0.389 e. The summed E-state index contributed by atoms with van der Waals surface area (Å²) < 4.78 is 0. The Morgan fingerprint density at radius 3 is 2.64 bits per heavy atom. The molecular formula is C11H14BNO. The largest absolute Gasteiger partial charge is 0.389 e. The summed E-state index contributed by atoms with van der Waals surface area (Å²) in [5.74, 6) is -0.0787. The second-order valence-electron chi connectivity index (χ2n) is 3.09. The molecule has 72 valence electrons. The van der Waals surface area contributed by atoms with Gasteiger partial charge in [-0.3, -0.25) is 4.79 Å². The smallest absolute Gasteiger partial charge is 0.241 e. The quantitative estimate of drug-likeness (QED) is 0.569. The summed E-state index contributed by atoms with van der Waals surface area (Å²) in [5.41, 5.74) is 2.93. The van der Waals surface area contributed by atoms with Crippen molar-refractivity contribution in [2.75, 3.05) is 0 Å². The van der Waals surface area contributed by atoms with E-state index in [-0.39, 0.29) is 5.91 Å². The number of benzene rings is 1. The molecule has 0 spiro atoms. The lowest BCUT2D eigenvalue weighted by Crippen LogP contribution is -2.19. The van der Waals surface area contributed by atoms with Crippen molar-refractivity contribution in [1.82, 2.24) is 4.81 Å². The predicted molar refractivity (Wildman–Crippen MR) is 58.2 cm³/mol. The molecule has 0 unspecified atom stereocenters. The number of rotatable bonds is 0. The lowest BCUT2D eigenvalue weighted by atomic mass is 10.1. The summed E-state index contributed by atoms with van der Waals surface area (Å²) in [4.78, 5) is 12.5. The van der Waals surface area contributed by atoms with Crippen LogP contribution in [0, 0.1) is 6.92 Å². The van der Waals surface area contributed by atoms with Gasteiger partial charge in [-0.05, 0) is 18.6 Å². The topological polar surface area (TPSA) is 20.3 Å². The van der Waals surface area contributed by atoms with Gasteiger partial charge in [0.25, 0.3) is 0 Å². The Morgan fingerprint density at radius 2 is 2.00 bits per heavy atom. The summed E-state index contributed by atoms with van der Waals surface area (Å²) in [6.45, 7) is 6.54. The Kier molecular flexibility index (Phi) is 3.34. The number of aryl methyl sites for hydroxylation is 1. The second-order valence-corrected chi connectivity index (χ2v) is 3.09. The monoisotopic (exact) mass is 187 g/mol. The van der Waals surface area contributed by atoms with Crippen molar-refractivity contribution < 1.29 is 4.79 Å². The van der Waals surface area contributed by atoms with Gasteiger partial charge in [-0.2, -0.15) is 0 Å². The van der Waals surface area contributed by atoms with E-state index < -0.39 is 0 Å². The molecule has 0 saturated heterocycles.